The summed E-state index contributed by atoms with van der Waals surface area (Å²) >= 11 is 0. The first-order valence-electron chi connectivity index (χ1n) is 5.62. The van der Waals surface area contributed by atoms with E-state index in [4.69, 9.17) is 5.73 Å². The van der Waals surface area contributed by atoms with Crippen molar-refractivity contribution >= 4 is 5.91 Å². The van der Waals surface area contributed by atoms with Gasteiger partial charge in [-0.05, 0) is 12.5 Å². The Hall–Kier alpha value is -1.62. The average molecular weight is 235 g/mol. The highest BCUT2D eigenvalue weighted by Gasteiger charge is 2.46. The van der Waals surface area contributed by atoms with Crippen molar-refractivity contribution in [3.63, 3.8) is 0 Å². The van der Waals surface area contributed by atoms with Crippen LogP contribution < -0.4 is 11.1 Å². The highest BCUT2D eigenvalue weighted by atomic mass is 16.3. The summed E-state index contributed by atoms with van der Waals surface area (Å²) in [6, 6.07) is 1.66. The molecule has 92 valence electrons. The van der Waals surface area contributed by atoms with Crippen molar-refractivity contribution in [2.75, 3.05) is 0 Å². The third kappa shape index (κ3) is 1.98. The Bertz CT molecular complexity index is 445. The molecule has 1 aliphatic rings. The topological polar surface area (TPSA) is 88.2 Å². The summed E-state index contributed by atoms with van der Waals surface area (Å²) in [5, 5.41) is 12.4. The third-order valence-corrected chi connectivity index (χ3v) is 3.69. The first kappa shape index (κ1) is 11.9. The number of pyridine rings is 1. The van der Waals surface area contributed by atoms with Crippen LogP contribution in [0.2, 0.25) is 0 Å². The fourth-order valence-corrected chi connectivity index (χ4v) is 2.02. The second-order valence-corrected chi connectivity index (χ2v) is 5.08. The maximum absolute atomic E-state index is 11.9. The van der Waals surface area contributed by atoms with Gasteiger partial charge >= 0.3 is 0 Å². The number of aromatic hydroxyl groups is 1. The first-order chi connectivity index (χ1) is 7.93. The van der Waals surface area contributed by atoms with Crippen LogP contribution in [0.4, 0.5) is 0 Å². The lowest BCUT2D eigenvalue weighted by Crippen LogP contribution is -2.64. The summed E-state index contributed by atoms with van der Waals surface area (Å²) < 4.78 is 0. The van der Waals surface area contributed by atoms with Gasteiger partial charge in [-0.3, -0.25) is 9.78 Å². The molecule has 1 aliphatic carbocycles. The van der Waals surface area contributed by atoms with Crippen LogP contribution in [0.3, 0.4) is 0 Å². The molecule has 17 heavy (non-hydrogen) atoms. The fraction of sp³-hybridized carbons (Fsp3) is 0.500. The van der Waals surface area contributed by atoms with Crippen molar-refractivity contribution in [3.8, 4) is 5.75 Å². The van der Waals surface area contributed by atoms with Gasteiger partial charge in [0.1, 0.15) is 5.75 Å². The molecule has 1 aromatic rings. The summed E-state index contributed by atoms with van der Waals surface area (Å²) in [5.74, 6) is -0.388. The quantitative estimate of drug-likeness (QED) is 0.702. The van der Waals surface area contributed by atoms with Crippen molar-refractivity contribution in [1.82, 2.24) is 10.3 Å². The van der Waals surface area contributed by atoms with E-state index in [0.717, 1.165) is 6.42 Å². The van der Waals surface area contributed by atoms with Gasteiger partial charge in [-0.1, -0.05) is 13.8 Å². The first-order valence-corrected chi connectivity index (χ1v) is 5.62. The van der Waals surface area contributed by atoms with Gasteiger partial charge in [0.15, 0.2) is 0 Å². The molecule has 4 N–H and O–H groups in total. The summed E-state index contributed by atoms with van der Waals surface area (Å²) in [5.41, 5.74) is 6.03. The normalized spacial score (nSPS) is 26.1. The Balaban J connectivity index is 2.07. The Morgan fingerprint density at radius 1 is 1.65 bits per heavy atom. The van der Waals surface area contributed by atoms with Gasteiger partial charge in [0.2, 0.25) is 0 Å². The van der Waals surface area contributed by atoms with Crippen LogP contribution in [0.1, 0.15) is 30.6 Å². The maximum Gasteiger partial charge on any atom is 0.255 e. The SMILES string of the molecule is CC1(C)C(N)CC1NC(=O)c1ccncc1O. The second kappa shape index (κ2) is 4.00. The molecule has 2 rings (SSSR count). The van der Waals surface area contributed by atoms with E-state index in [-0.39, 0.29) is 34.7 Å². The Morgan fingerprint density at radius 2 is 2.35 bits per heavy atom. The molecule has 1 saturated carbocycles. The number of amides is 1. The number of nitrogens with one attached hydrogen (secondary N) is 1. The molecule has 0 spiro atoms. The van der Waals surface area contributed by atoms with Crippen LogP contribution in [0, 0.1) is 5.41 Å². The molecule has 1 fully saturated rings. The molecule has 0 aromatic carbocycles. The van der Waals surface area contributed by atoms with Crippen molar-refractivity contribution < 1.29 is 9.90 Å². The van der Waals surface area contributed by atoms with Gasteiger partial charge in [0, 0.05) is 23.7 Å². The Labute approximate surface area is 100 Å². The number of carbonyl (C=O) groups excluding carboxylic acids is 1. The fourth-order valence-electron chi connectivity index (χ4n) is 2.02. The highest BCUT2D eigenvalue weighted by Crippen LogP contribution is 2.39. The van der Waals surface area contributed by atoms with Gasteiger partial charge in [0.25, 0.3) is 5.91 Å². The molecule has 0 saturated heterocycles. The third-order valence-electron chi connectivity index (χ3n) is 3.69. The van der Waals surface area contributed by atoms with Crippen LogP contribution >= 0.6 is 0 Å². The lowest BCUT2D eigenvalue weighted by atomic mass is 9.63. The summed E-state index contributed by atoms with van der Waals surface area (Å²) in [6.45, 7) is 4.05. The minimum atomic E-state index is -0.283. The van der Waals surface area contributed by atoms with Gasteiger partial charge < -0.3 is 16.2 Å². The Morgan fingerprint density at radius 3 is 2.88 bits per heavy atom. The van der Waals surface area contributed by atoms with Crippen LogP contribution in [-0.4, -0.2) is 28.1 Å². The van der Waals surface area contributed by atoms with E-state index < -0.39 is 0 Å². The molecule has 0 aliphatic heterocycles. The number of aromatic nitrogens is 1. The lowest BCUT2D eigenvalue weighted by Gasteiger charge is -2.50. The van der Waals surface area contributed by atoms with E-state index in [9.17, 15) is 9.90 Å². The molecule has 1 aromatic heterocycles. The van der Waals surface area contributed by atoms with Crippen LogP contribution in [-0.2, 0) is 0 Å². The molecular weight excluding hydrogens is 218 g/mol. The van der Waals surface area contributed by atoms with E-state index in [1.807, 2.05) is 13.8 Å². The summed E-state index contributed by atoms with van der Waals surface area (Å²) in [6.07, 6.45) is 3.50. The van der Waals surface area contributed by atoms with Crippen molar-refractivity contribution in [3.05, 3.63) is 24.0 Å². The van der Waals surface area contributed by atoms with Gasteiger partial charge in [-0.15, -0.1) is 0 Å². The maximum atomic E-state index is 11.9. The molecule has 2 unspecified atom stereocenters. The number of nitrogens with zero attached hydrogens (tertiary/aromatic N) is 1. The molecule has 5 nitrogen and oxygen atoms in total. The zero-order valence-corrected chi connectivity index (χ0v) is 9.97. The molecular formula is C12H17N3O2. The smallest absolute Gasteiger partial charge is 0.255 e. The largest absolute Gasteiger partial charge is 0.505 e. The number of rotatable bonds is 2. The van der Waals surface area contributed by atoms with Crippen LogP contribution in [0.15, 0.2) is 18.5 Å². The average Bonchev–Trinajstić information content (AvgIpc) is 2.29. The number of nitrogens with two attached hydrogens (primary N) is 1. The predicted molar refractivity (Wildman–Crippen MR) is 63.5 cm³/mol. The number of carbonyl (C=O) groups is 1. The minimum absolute atomic E-state index is 0.0533. The van der Waals surface area contributed by atoms with E-state index in [2.05, 4.69) is 10.3 Å². The minimum Gasteiger partial charge on any atom is -0.505 e. The zero-order valence-electron chi connectivity index (χ0n) is 9.97. The van der Waals surface area contributed by atoms with Gasteiger partial charge in [-0.25, -0.2) is 0 Å². The molecule has 2 atom stereocenters. The molecule has 1 amide bonds. The molecule has 1 heterocycles. The summed E-state index contributed by atoms with van der Waals surface area (Å²) in [7, 11) is 0. The molecule has 0 bridgehead atoms. The van der Waals surface area contributed by atoms with Crippen molar-refractivity contribution in [2.24, 2.45) is 11.1 Å². The zero-order chi connectivity index (χ0) is 12.6. The number of hydrogen-bond donors (Lipinski definition) is 3. The highest BCUT2D eigenvalue weighted by molar-refractivity contribution is 5.96. The van der Waals surface area contributed by atoms with E-state index >= 15 is 0 Å². The van der Waals surface area contributed by atoms with Crippen LogP contribution in [0.5, 0.6) is 5.75 Å². The molecule has 0 radical (unpaired) electrons. The van der Waals surface area contributed by atoms with E-state index in [1.54, 1.807) is 0 Å². The predicted octanol–water partition coefficient (Wildman–Crippen LogP) is 0.643. The van der Waals surface area contributed by atoms with E-state index in [0.29, 0.717) is 0 Å². The summed E-state index contributed by atoms with van der Waals surface area (Å²) in [4.78, 5) is 15.7. The van der Waals surface area contributed by atoms with E-state index in [1.165, 1.54) is 18.5 Å². The molecule has 5 heteroatoms. The second-order valence-electron chi connectivity index (χ2n) is 5.08. The van der Waals surface area contributed by atoms with Crippen molar-refractivity contribution in [1.29, 1.82) is 0 Å². The van der Waals surface area contributed by atoms with Gasteiger partial charge in [-0.2, -0.15) is 0 Å². The van der Waals surface area contributed by atoms with Gasteiger partial charge in [0.05, 0.1) is 11.8 Å². The van der Waals surface area contributed by atoms with Crippen LogP contribution in [0.25, 0.3) is 0 Å². The van der Waals surface area contributed by atoms with Crippen molar-refractivity contribution in [2.45, 2.75) is 32.4 Å². The monoisotopic (exact) mass is 235 g/mol. The Kier molecular flexibility index (Phi) is 2.79. The number of hydrogen-bond acceptors (Lipinski definition) is 4. The standard InChI is InChI=1S/C12H17N3O2/c1-12(2)9(13)5-10(12)15-11(17)7-3-4-14-6-8(7)16/h3-4,6,9-10,16H,5,13H2,1-2H3,(H,15,17). The lowest BCUT2D eigenvalue weighted by molar-refractivity contribution is 0.0585.